The topological polar surface area (TPSA) is 85.5 Å². The van der Waals surface area contributed by atoms with Gasteiger partial charge in [-0.1, -0.05) is 53.7 Å². The van der Waals surface area contributed by atoms with Crippen molar-refractivity contribution in [2.75, 3.05) is 18.9 Å². The standard InChI is InChI=1S/C21H20ClN3O4S/c1-2-25(12-15-6-4-3-5-7-15)18(26)13-28-19(27)14-30-21-24-23-20(29-21)16-8-10-17(22)11-9-16/h3-11H,2,12-14H2,1H3. The number of ether oxygens (including phenoxy) is 1. The van der Waals surface area contributed by atoms with Crippen LogP contribution in [0, 0.1) is 0 Å². The Kier molecular flexibility index (Phi) is 7.87. The smallest absolute Gasteiger partial charge is 0.316 e. The van der Waals surface area contributed by atoms with Gasteiger partial charge in [-0.3, -0.25) is 9.59 Å². The van der Waals surface area contributed by atoms with Crippen molar-refractivity contribution >= 4 is 35.2 Å². The number of hydrogen-bond donors (Lipinski definition) is 0. The number of thioether (sulfide) groups is 1. The lowest BCUT2D eigenvalue weighted by Crippen LogP contribution is -2.34. The summed E-state index contributed by atoms with van der Waals surface area (Å²) in [6.07, 6.45) is 0. The number of benzene rings is 2. The van der Waals surface area contributed by atoms with Gasteiger partial charge >= 0.3 is 5.97 Å². The lowest BCUT2D eigenvalue weighted by atomic mass is 10.2. The minimum Gasteiger partial charge on any atom is -0.455 e. The highest BCUT2D eigenvalue weighted by molar-refractivity contribution is 7.99. The summed E-state index contributed by atoms with van der Waals surface area (Å²) in [5.41, 5.74) is 1.74. The second-order valence-corrected chi connectivity index (χ2v) is 7.59. The number of aromatic nitrogens is 2. The van der Waals surface area contributed by atoms with Crippen LogP contribution in [0.1, 0.15) is 12.5 Å². The Labute approximate surface area is 183 Å². The van der Waals surface area contributed by atoms with Crippen molar-refractivity contribution in [3.8, 4) is 11.5 Å². The Morgan fingerprint density at radius 2 is 1.83 bits per heavy atom. The van der Waals surface area contributed by atoms with E-state index in [-0.39, 0.29) is 23.5 Å². The fourth-order valence-corrected chi connectivity index (χ4v) is 3.24. The van der Waals surface area contributed by atoms with Gasteiger partial charge in [-0.25, -0.2) is 0 Å². The molecule has 3 aromatic rings. The fourth-order valence-electron chi connectivity index (χ4n) is 2.55. The van der Waals surface area contributed by atoms with Crippen LogP contribution in [0.2, 0.25) is 5.02 Å². The number of carbonyl (C=O) groups is 2. The zero-order chi connectivity index (χ0) is 21.3. The summed E-state index contributed by atoms with van der Waals surface area (Å²) in [5, 5.41) is 8.70. The summed E-state index contributed by atoms with van der Waals surface area (Å²) in [6, 6.07) is 16.6. The van der Waals surface area contributed by atoms with Gasteiger partial charge < -0.3 is 14.1 Å². The zero-order valence-corrected chi connectivity index (χ0v) is 17.9. The molecule has 0 aliphatic heterocycles. The molecule has 0 radical (unpaired) electrons. The molecule has 0 saturated heterocycles. The van der Waals surface area contributed by atoms with Crippen molar-refractivity contribution in [3.05, 3.63) is 65.2 Å². The maximum absolute atomic E-state index is 12.3. The largest absolute Gasteiger partial charge is 0.455 e. The van der Waals surface area contributed by atoms with Gasteiger partial charge in [0, 0.05) is 23.7 Å². The quantitative estimate of drug-likeness (QED) is 0.362. The molecule has 3 rings (SSSR count). The van der Waals surface area contributed by atoms with E-state index in [1.807, 2.05) is 37.3 Å². The summed E-state index contributed by atoms with van der Waals surface area (Å²) in [4.78, 5) is 26.0. The van der Waals surface area contributed by atoms with Crippen LogP contribution in [0.5, 0.6) is 0 Å². The van der Waals surface area contributed by atoms with Gasteiger partial charge in [0.15, 0.2) is 6.61 Å². The molecule has 2 aromatic carbocycles. The van der Waals surface area contributed by atoms with Crippen molar-refractivity contribution < 1.29 is 18.7 Å². The molecule has 0 spiro atoms. The van der Waals surface area contributed by atoms with Crippen LogP contribution in [-0.2, 0) is 20.9 Å². The maximum Gasteiger partial charge on any atom is 0.316 e. The molecule has 0 aliphatic carbocycles. The molecular formula is C21H20ClN3O4S. The SMILES string of the molecule is CCN(Cc1ccccc1)C(=O)COC(=O)CSc1nnc(-c2ccc(Cl)cc2)o1. The van der Waals surface area contributed by atoms with Crippen LogP contribution < -0.4 is 0 Å². The number of carbonyl (C=O) groups excluding carboxylic acids is 2. The molecule has 9 heteroatoms. The normalized spacial score (nSPS) is 10.6. The first kappa shape index (κ1) is 21.9. The van der Waals surface area contributed by atoms with Crippen LogP contribution in [0.25, 0.3) is 11.5 Å². The molecule has 0 bridgehead atoms. The van der Waals surface area contributed by atoms with Crippen LogP contribution in [0.4, 0.5) is 0 Å². The van der Waals surface area contributed by atoms with Crippen molar-refractivity contribution in [2.45, 2.75) is 18.7 Å². The molecule has 0 aliphatic rings. The first-order valence-corrected chi connectivity index (χ1v) is 10.6. The lowest BCUT2D eigenvalue weighted by Gasteiger charge is -2.20. The molecule has 0 fully saturated rings. The number of nitrogens with zero attached hydrogens (tertiary/aromatic N) is 3. The van der Waals surface area contributed by atoms with Crippen molar-refractivity contribution in [2.24, 2.45) is 0 Å². The molecule has 156 valence electrons. The van der Waals surface area contributed by atoms with E-state index in [1.165, 1.54) is 0 Å². The van der Waals surface area contributed by atoms with E-state index >= 15 is 0 Å². The van der Waals surface area contributed by atoms with Gasteiger partial charge in [0.05, 0.1) is 0 Å². The summed E-state index contributed by atoms with van der Waals surface area (Å²) in [7, 11) is 0. The lowest BCUT2D eigenvalue weighted by molar-refractivity contribution is -0.150. The Balaban J connectivity index is 1.44. The van der Waals surface area contributed by atoms with Gasteiger partial charge in [-0.15, -0.1) is 10.2 Å². The number of esters is 1. The van der Waals surface area contributed by atoms with Gasteiger partial charge in [-0.2, -0.15) is 0 Å². The average Bonchev–Trinajstić information content (AvgIpc) is 3.24. The highest BCUT2D eigenvalue weighted by Crippen LogP contribution is 2.24. The predicted octanol–water partition coefficient (Wildman–Crippen LogP) is 4.07. The molecule has 30 heavy (non-hydrogen) atoms. The van der Waals surface area contributed by atoms with E-state index in [2.05, 4.69) is 10.2 Å². The van der Waals surface area contributed by atoms with E-state index in [0.29, 0.717) is 24.0 Å². The van der Waals surface area contributed by atoms with E-state index in [9.17, 15) is 9.59 Å². The predicted molar refractivity (Wildman–Crippen MR) is 114 cm³/mol. The Bertz CT molecular complexity index is 979. The number of likely N-dealkylation sites (N-methyl/N-ethyl adjacent to an activating group) is 1. The molecule has 0 N–H and O–H groups in total. The van der Waals surface area contributed by atoms with Crippen LogP contribution in [0.3, 0.4) is 0 Å². The van der Waals surface area contributed by atoms with Gasteiger partial charge in [-0.05, 0) is 36.8 Å². The third kappa shape index (κ3) is 6.33. The molecule has 1 aromatic heterocycles. The number of rotatable bonds is 9. The minimum atomic E-state index is -0.532. The highest BCUT2D eigenvalue weighted by Gasteiger charge is 2.16. The molecule has 0 saturated carbocycles. The second kappa shape index (κ2) is 10.8. The molecule has 0 atom stereocenters. The van der Waals surface area contributed by atoms with E-state index in [1.54, 1.807) is 29.2 Å². The first-order valence-electron chi connectivity index (χ1n) is 9.24. The molecule has 1 amide bonds. The maximum atomic E-state index is 12.3. The monoisotopic (exact) mass is 445 g/mol. The van der Waals surface area contributed by atoms with E-state index in [0.717, 1.165) is 22.9 Å². The molecule has 7 nitrogen and oxygen atoms in total. The summed E-state index contributed by atoms with van der Waals surface area (Å²) in [5.74, 6) is -0.490. The van der Waals surface area contributed by atoms with E-state index in [4.69, 9.17) is 20.8 Å². The molecular weight excluding hydrogens is 426 g/mol. The third-order valence-corrected chi connectivity index (χ3v) is 5.16. The zero-order valence-electron chi connectivity index (χ0n) is 16.3. The fraction of sp³-hybridized carbons (Fsp3) is 0.238. The van der Waals surface area contributed by atoms with E-state index < -0.39 is 5.97 Å². The van der Waals surface area contributed by atoms with Gasteiger partial charge in [0.2, 0.25) is 5.89 Å². The van der Waals surface area contributed by atoms with Crippen LogP contribution in [0.15, 0.2) is 64.2 Å². The highest BCUT2D eigenvalue weighted by atomic mass is 35.5. The summed E-state index contributed by atoms with van der Waals surface area (Å²) in [6.45, 7) is 2.57. The summed E-state index contributed by atoms with van der Waals surface area (Å²) >= 11 is 6.91. The Morgan fingerprint density at radius 1 is 1.10 bits per heavy atom. The van der Waals surface area contributed by atoms with Gasteiger partial charge in [0.25, 0.3) is 11.1 Å². The second-order valence-electron chi connectivity index (χ2n) is 6.22. The van der Waals surface area contributed by atoms with Crippen LogP contribution in [-0.4, -0.2) is 45.9 Å². The van der Waals surface area contributed by atoms with Crippen molar-refractivity contribution in [1.29, 1.82) is 0 Å². The average molecular weight is 446 g/mol. The third-order valence-electron chi connectivity index (χ3n) is 4.12. The Morgan fingerprint density at radius 3 is 2.53 bits per heavy atom. The minimum absolute atomic E-state index is 0.0413. The summed E-state index contributed by atoms with van der Waals surface area (Å²) < 4.78 is 10.6. The Hall–Kier alpha value is -2.84. The molecule has 1 heterocycles. The molecule has 0 unspecified atom stereocenters. The van der Waals surface area contributed by atoms with Crippen molar-refractivity contribution in [3.63, 3.8) is 0 Å². The number of hydrogen-bond acceptors (Lipinski definition) is 7. The van der Waals surface area contributed by atoms with Crippen molar-refractivity contribution in [1.82, 2.24) is 15.1 Å². The number of amides is 1. The first-order chi connectivity index (χ1) is 14.5. The van der Waals surface area contributed by atoms with Crippen LogP contribution >= 0.6 is 23.4 Å². The number of halogens is 1. The van der Waals surface area contributed by atoms with Gasteiger partial charge in [0.1, 0.15) is 5.75 Å².